The number of unbranched alkanes of at least 4 members (excludes halogenated alkanes) is 2. The van der Waals surface area contributed by atoms with Gasteiger partial charge in [0.25, 0.3) is 0 Å². The highest BCUT2D eigenvalue weighted by atomic mass is 16.5. The molecule has 2 unspecified atom stereocenters. The van der Waals surface area contributed by atoms with Gasteiger partial charge in [-0.05, 0) is 37.5 Å². The van der Waals surface area contributed by atoms with Crippen LogP contribution in [0.3, 0.4) is 0 Å². The van der Waals surface area contributed by atoms with Crippen molar-refractivity contribution in [1.82, 2.24) is 0 Å². The number of ether oxygens (including phenoxy) is 2. The van der Waals surface area contributed by atoms with Crippen LogP contribution in [0.15, 0.2) is 0 Å². The van der Waals surface area contributed by atoms with Gasteiger partial charge in [-0.3, -0.25) is 9.59 Å². The number of esters is 2. The second kappa shape index (κ2) is 14.9. The number of rotatable bonds is 14. The molecule has 0 aromatic rings. The summed E-state index contributed by atoms with van der Waals surface area (Å²) in [4.78, 5) is 25.4. The van der Waals surface area contributed by atoms with Crippen molar-refractivity contribution in [3.63, 3.8) is 0 Å². The summed E-state index contributed by atoms with van der Waals surface area (Å²) in [6.07, 6.45) is 12.4. The second-order valence-corrected chi connectivity index (χ2v) is 8.59. The minimum atomic E-state index is -0.319. The molecule has 4 heteroatoms. The molecule has 1 rings (SSSR count). The highest BCUT2D eigenvalue weighted by molar-refractivity contribution is 5.82. The Labute approximate surface area is 173 Å². The maximum absolute atomic E-state index is 12.7. The molecule has 4 nitrogen and oxygen atoms in total. The molecular formula is C24H44O4. The van der Waals surface area contributed by atoms with Crippen molar-refractivity contribution in [2.75, 3.05) is 13.2 Å². The largest absolute Gasteiger partial charge is 0.465 e. The molecule has 0 saturated heterocycles. The van der Waals surface area contributed by atoms with E-state index in [-0.39, 0.29) is 23.8 Å². The van der Waals surface area contributed by atoms with E-state index in [0.29, 0.717) is 25.0 Å². The van der Waals surface area contributed by atoms with Crippen molar-refractivity contribution < 1.29 is 19.1 Å². The molecule has 0 aromatic carbocycles. The van der Waals surface area contributed by atoms with Crippen LogP contribution in [0.1, 0.15) is 105 Å². The zero-order valence-corrected chi connectivity index (χ0v) is 18.8. The second-order valence-electron chi connectivity index (χ2n) is 8.59. The van der Waals surface area contributed by atoms with Gasteiger partial charge in [0.05, 0.1) is 25.0 Å². The first-order chi connectivity index (χ1) is 13.6. The lowest BCUT2D eigenvalue weighted by molar-refractivity contribution is -0.164. The van der Waals surface area contributed by atoms with Crippen LogP contribution in [0.25, 0.3) is 0 Å². The molecule has 1 fully saturated rings. The molecule has 1 aliphatic carbocycles. The average Bonchev–Trinajstić information content (AvgIpc) is 2.73. The molecule has 0 spiro atoms. The topological polar surface area (TPSA) is 52.6 Å². The van der Waals surface area contributed by atoms with Gasteiger partial charge in [-0.25, -0.2) is 0 Å². The van der Waals surface area contributed by atoms with E-state index in [1.165, 1.54) is 12.8 Å². The Bertz CT molecular complexity index is 394. The lowest BCUT2D eigenvalue weighted by atomic mass is 9.79. The standard InChI is InChI=1S/C24H44O4/c1-5-9-13-19(7-3)17-27-23(25)21-15-11-12-16-22(21)24(26)28-18-20(8-4)14-10-6-2/h19-22H,5-18H2,1-4H3/t19?,20?,21-,22-/m1/s1. The monoisotopic (exact) mass is 396 g/mol. The van der Waals surface area contributed by atoms with E-state index >= 15 is 0 Å². The summed E-state index contributed by atoms with van der Waals surface area (Å²) in [6.45, 7) is 9.64. The molecule has 1 aliphatic rings. The first kappa shape index (κ1) is 25.0. The van der Waals surface area contributed by atoms with E-state index < -0.39 is 0 Å². The van der Waals surface area contributed by atoms with Crippen LogP contribution in [0.5, 0.6) is 0 Å². The highest BCUT2D eigenvalue weighted by Gasteiger charge is 2.38. The minimum Gasteiger partial charge on any atom is -0.465 e. The van der Waals surface area contributed by atoms with Gasteiger partial charge >= 0.3 is 11.9 Å². The maximum atomic E-state index is 12.7. The van der Waals surface area contributed by atoms with Gasteiger partial charge in [0.15, 0.2) is 0 Å². The van der Waals surface area contributed by atoms with Gasteiger partial charge in [-0.2, -0.15) is 0 Å². The fourth-order valence-electron chi connectivity index (χ4n) is 4.11. The molecule has 1 saturated carbocycles. The Morgan fingerprint density at radius 1 is 0.750 bits per heavy atom. The summed E-state index contributed by atoms with van der Waals surface area (Å²) in [5.41, 5.74) is 0. The molecule has 0 heterocycles. The van der Waals surface area contributed by atoms with Crippen molar-refractivity contribution in [3.05, 3.63) is 0 Å². The average molecular weight is 397 g/mol. The van der Waals surface area contributed by atoms with Crippen LogP contribution in [-0.4, -0.2) is 25.2 Å². The Hall–Kier alpha value is -1.06. The van der Waals surface area contributed by atoms with E-state index in [1.807, 2.05) is 0 Å². The van der Waals surface area contributed by atoms with Crippen molar-refractivity contribution in [1.29, 1.82) is 0 Å². The Kier molecular flexibility index (Phi) is 13.3. The van der Waals surface area contributed by atoms with Gasteiger partial charge in [0, 0.05) is 0 Å². The molecule has 0 aromatic heterocycles. The zero-order valence-electron chi connectivity index (χ0n) is 18.8. The lowest BCUT2D eigenvalue weighted by Crippen LogP contribution is -2.36. The molecule has 164 valence electrons. The van der Waals surface area contributed by atoms with Crippen LogP contribution in [0, 0.1) is 23.7 Å². The number of carbonyl (C=O) groups excluding carboxylic acids is 2. The zero-order chi connectivity index (χ0) is 20.8. The number of carbonyl (C=O) groups is 2. The molecule has 4 atom stereocenters. The van der Waals surface area contributed by atoms with Crippen LogP contribution >= 0.6 is 0 Å². The molecule has 0 radical (unpaired) electrons. The predicted octanol–water partition coefficient (Wildman–Crippen LogP) is 6.31. The molecule has 0 bridgehead atoms. The van der Waals surface area contributed by atoms with E-state index in [0.717, 1.165) is 64.2 Å². The maximum Gasteiger partial charge on any atom is 0.309 e. The SMILES string of the molecule is CCCCC(CC)COC(=O)[C@@H]1CCCC[C@H]1C(=O)OCC(CC)CCCC. The van der Waals surface area contributed by atoms with Gasteiger partial charge in [-0.1, -0.05) is 79.1 Å². The van der Waals surface area contributed by atoms with Crippen LogP contribution in [-0.2, 0) is 19.1 Å². The molecule has 28 heavy (non-hydrogen) atoms. The van der Waals surface area contributed by atoms with Gasteiger partial charge in [-0.15, -0.1) is 0 Å². The van der Waals surface area contributed by atoms with E-state index in [4.69, 9.17) is 9.47 Å². The summed E-state index contributed by atoms with van der Waals surface area (Å²) in [6, 6.07) is 0. The van der Waals surface area contributed by atoms with Crippen LogP contribution in [0.2, 0.25) is 0 Å². The predicted molar refractivity (Wildman–Crippen MR) is 114 cm³/mol. The van der Waals surface area contributed by atoms with E-state index in [2.05, 4.69) is 27.7 Å². The number of hydrogen-bond donors (Lipinski definition) is 0. The molecule has 0 aliphatic heterocycles. The Balaban J connectivity index is 2.54. The summed E-state index contributed by atoms with van der Waals surface area (Å²) >= 11 is 0. The minimum absolute atomic E-state index is 0.186. The third-order valence-electron chi connectivity index (χ3n) is 6.38. The third-order valence-corrected chi connectivity index (χ3v) is 6.38. The molecule has 0 N–H and O–H groups in total. The molecular weight excluding hydrogens is 352 g/mol. The smallest absolute Gasteiger partial charge is 0.309 e. The summed E-state index contributed by atoms with van der Waals surface area (Å²) in [5.74, 6) is -0.144. The van der Waals surface area contributed by atoms with Crippen molar-refractivity contribution in [2.24, 2.45) is 23.7 Å². The van der Waals surface area contributed by atoms with Crippen molar-refractivity contribution >= 4 is 11.9 Å². The van der Waals surface area contributed by atoms with E-state index in [9.17, 15) is 9.59 Å². The van der Waals surface area contributed by atoms with Crippen molar-refractivity contribution in [2.45, 2.75) is 105 Å². The Morgan fingerprint density at radius 2 is 1.14 bits per heavy atom. The summed E-state index contributed by atoms with van der Waals surface area (Å²) in [7, 11) is 0. The first-order valence-corrected chi connectivity index (χ1v) is 11.9. The highest BCUT2D eigenvalue weighted by Crippen LogP contribution is 2.32. The molecule has 0 amide bonds. The van der Waals surface area contributed by atoms with E-state index in [1.54, 1.807) is 0 Å². The summed E-state index contributed by atoms with van der Waals surface area (Å²) < 4.78 is 11.3. The quantitative estimate of drug-likeness (QED) is 0.323. The van der Waals surface area contributed by atoms with Crippen LogP contribution in [0.4, 0.5) is 0 Å². The normalized spacial score (nSPS) is 21.7. The van der Waals surface area contributed by atoms with Gasteiger partial charge in [0.2, 0.25) is 0 Å². The first-order valence-electron chi connectivity index (χ1n) is 11.9. The fraction of sp³-hybridized carbons (Fsp3) is 0.917. The fourth-order valence-corrected chi connectivity index (χ4v) is 4.11. The van der Waals surface area contributed by atoms with Crippen LogP contribution < -0.4 is 0 Å². The lowest BCUT2D eigenvalue weighted by Gasteiger charge is -2.29. The Morgan fingerprint density at radius 3 is 1.46 bits per heavy atom. The third kappa shape index (κ3) is 8.96. The number of hydrogen-bond acceptors (Lipinski definition) is 4. The van der Waals surface area contributed by atoms with Gasteiger partial charge in [0.1, 0.15) is 0 Å². The summed E-state index contributed by atoms with van der Waals surface area (Å²) in [5, 5.41) is 0. The van der Waals surface area contributed by atoms with Gasteiger partial charge < -0.3 is 9.47 Å². The van der Waals surface area contributed by atoms with Crippen molar-refractivity contribution in [3.8, 4) is 0 Å².